The van der Waals surface area contributed by atoms with Crippen LogP contribution in [0.4, 0.5) is 4.39 Å². The largest absolute Gasteiger partial charge is 0.401 e. The molecule has 0 radical (unpaired) electrons. The lowest BCUT2D eigenvalue weighted by Crippen LogP contribution is -2.26. The van der Waals surface area contributed by atoms with Crippen LogP contribution in [-0.4, -0.2) is 10.5 Å². The van der Waals surface area contributed by atoms with Crippen molar-refractivity contribution in [2.75, 3.05) is 0 Å². The molecule has 0 fully saturated rings. The van der Waals surface area contributed by atoms with E-state index < -0.39 is 0 Å². The molecular formula is C13H19FN3OP. The van der Waals surface area contributed by atoms with Crippen molar-refractivity contribution in [3.63, 3.8) is 0 Å². The summed E-state index contributed by atoms with van der Waals surface area (Å²) in [7, 11) is 2.14. The Balaban J connectivity index is 2.42. The Morgan fingerprint density at radius 1 is 1.32 bits per heavy atom. The van der Waals surface area contributed by atoms with Gasteiger partial charge in [-0.1, -0.05) is 21.4 Å². The lowest BCUT2D eigenvalue weighted by molar-refractivity contribution is -0.111. The first kappa shape index (κ1) is 15.6. The van der Waals surface area contributed by atoms with Crippen LogP contribution >= 0.6 is 9.24 Å². The molecule has 19 heavy (non-hydrogen) atoms. The highest BCUT2D eigenvalue weighted by Gasteiger charge is 2.00. The molecule has 1 aromatic carbocycles. The fourth-order valence-corrected chi connectivity index (χ4v) is 1.79. The summed E-state index contributed by atoms with van der Waals surface area (Å²) in [4.78, 5) is 10.8. The number of nitrogens with zero attached hydrogens (tertiary/aromatic N) is 1. The Hall–Kier alpha value is -1.45. The van der Waals surface area contributed by atoms with E-state index in [0.29, 0.717) is 31.5 Å². The van der Waals surface area contributed by atoms with Crippen molar-refractivity contribution >= 4 is 14.8 Å². The molecule has 1 rings (SSSR count). The average Bonchev–Trinajstić information content (AvgIpc) is 2.31. The van der Waals surface area contributed by atoms with Crippen molar-refractivity contribution in [3.8, 4) is 0 Å². The highest BCUT2D eigenvalue weighted by molar-refractivity contribution is 7.40. The van der Waals surface area contributed by atoms with Crippen LogP contribution in [0.1, 0.15) is 24.8 Å². The molecule has 0 heterocycles. The number of halogens is 1. The second-order valence-electron chi connectivity index (χ2n) is 4.32. The average molecular weight is 283 g/mol. The summed E-state index contributed by atoms with van der Waals surface area (Å²) >= 11 is 0. The maximum absolute atomic E-state index is 12.7. The van der Waals surface area contributed by atoms with Crippen LogP contribution in [-0.2, 0) is 11.3 Å². The molecule has 0 aliphatic heterocycles. The van der Waals surface area contributed by atoms with Gasteiger partial charge in [0.15, 0.2) is 0 Å². The van der Waals surface area contributed by atoms with Crippen LogP contribution in [0.3, 0.4) is 0 Å². The van der Waals surface area contributed by atoms with Gasteiger partial charge in [-0.15, -0.1) is 0 Å². The number of benzene rings is 1. The number of carbonyl (C=O) groups excluding carboxylic acids is 1. The minimum Gasteiger partial charge on any atom is -0.401 e. The molecule has 1 atom stereocenters. The SMILES string of the molecule is N/C(=C\N(N)Cc1ccc(F)cc1)CCCC(=O)P. The molecule has 1 aromatic rings. The molecule has 0 amide bonds. The highest BCUT2D eigenvalue weighted by atomic mass is 31.0. The number of hydrogen-bond donors (Lipinski definition) is 2. The summed E-state index contributed by atoms with van der Waals surface area (Å²) in [5.74, 6) is 5.51. The third kappa shape index (κ3) is 6.89. The topological polar surface area (TPSA) is 72.3 Å². The molecule has 6 heteroatoms. The second kappa shape index (κ2) is 7.87. The van der Waals surface area contributed by atoms with Crippen molar-refractivity contribution < 1.29 is 9.18 Å². The van der Waals surface area contributed by atoms with Crippen LogP contribution in [0.2, 0.25) is 0 Å². The van der Waals surface area contributed by atoms with Crippen LogP contribution in [0.5, 0.6) is 0 Å². The Morgan fingerprint density at radius 3 is 2.53 bits per heavy atom. The maximum Gasteiger partial charge on any atom is 0.148 e. The van der Waals surface area contributed by atoms with Crippen molar-refractivity contribution in [2.24, 2.45) is 11.6 Å². The van der Waals surface area contributed by atoms with Gasteiger partial charge in [-0.25, -0.2) is 10.2 Å². The minimum atomic E-state index is -0.274. The van der Waals surface area contributed by atoms with E-state index in [0.717, 1.165) is 5.56 Å². The summed E-state index contributed by atoms with van der Waals surface area (Å²) in [6, 6.07) is 6.12. The first-order valence-corrected chi connectivity index (χ1v) is 6.55. The van der Waals surface area contributed by atoms with Gasteiger partial charge in [0.05, 0.1) is 6.54 Å². The Bertz CT molecular complexity index is 448. The van der Waals surface area contributed by atoms with E-state index in [9.17, 15) is 9.18 Å². The number of allylic oxidation sites excluding steroid dienone is 1. The van der Waals surface area contributed by atoms with E-state index in [4.69, 9.17) is 11.6 Å². The van der Waals surface area contributed by atoms with Gasteiger partial charge in [-0.3, -0.25) is 4.79 Å². The van der Waals surface area contributed by atoms with E-state index in [1.165, 1.54) is 17.1 Å². The predicted molar refractivity (Wildman–Crippen MR) is 77.0 cm³/mol. The number of rotatable bonds is 7. The van der Waals surface area contributed by atoms with Crippen molar-refractivity contribution in [1.29, 1.82) is 0 Å². The highest BCUT2D eigenvalue weighted by Crippen LogP contribution is 2.08. The second-order valence-corrected chi connectivity index (χ2v) is 4.97. The molecule has 4 nitrogen and oxygen atoms in total. The zero-order chi connectivity index (χ0) is 14.3. The van der Waals surface area contributed by atoms with E-state index in [1.54, 1.807) is 18.3 Å². The lowest BCUT2D eigenvalue weighted by atomic mass is 10.2. The summed E-state index contributed by atoms with van der Waals surface area (Å²) in [6.45, 7) is 0.448. The lowest BCUT2D eigenvalue weighted by Gasteiger charge is -2.15. The van der Waals surface area contributed by atoms with Gasteiger partial charge in [0, 0.05) is 18.3 Å². The zero-order valence-electron chi connectivity index (χ0n) is 10.7. The maximum atomic E-state index is 12.7. The predicted octanol–water partition coefficient (Wildman–Crippen LogP) is 1.87. The normalized spacial score (nSPS) is 11.4. The fraction of sp³-hybridized carbons (Fsp3) is 0.308. The molecule has 0 spiro atoms. The molecule has 0 saturated heterocycles. The van der Waals surface area contributed by atoms with E-state index in [-0.39, 0.29) is 11.3 Å². The van der Waals surface area contributed by atoms with E-state index in [1.807, 2.05) is 0 Å². The molecule has 4 N–H and O–H groups in total. The van der Waals surface area contributed by atoms with E-state index >= 15 is 0 Å². The van der Waals surface area contributed by atoms with Gasteiger partial charge in [-0.05, 0) is 30.5 Å². The minimum absolute atomic E-state index is 0.0729. The first-order valence-electron chi connectivity index (χ1n) is 5.97. The standard InChI is InChI=1S/C13H19FN3OP/c14-11-6-4-10(5-7-11)8-17(16)9-12(15)2-1-3-13(18)19/h4-7,9H,1-3,8,15-16,19H2/b12-9-. The summed E-state index contributed by atoms with van der Waals surface area (Å²) in [6.07, 6.45) is 3.45. The number of nitrogens with two attached hydrogens (primary N) is 2. The fourth-order valence-electron chi connectivity index (χ4n) is 1.59. The molecule has 0 aliphatic carbocycles. The van der Waals surface area contributed by atoms with Crippen molar-refractivity contribution in [2.45, 2.75) is 25.8 Å². The Morgan fingerprint density at radius 2 is 1.95 bits per heavy atom. The van der Waals surface area contributed by atoms with Crippen LogP contribution in [0.25, 0.3) is 0 Å². The van der Waals surface area contributed by atoms with Crippen molar-refractivity contribution in [1.82, 2.24) is 5.01 Å². The molecule has 1 unspecified atom stereocenters. The van der Waals surface area contributed by atoms with E-state index in [2.05, 4.69) is 9.24 Å². The Kier molecular flexibility index (Phi) is 6.46. The molecule has 0 bridgehead atoms. The van der Waals surface area contributed by atoms with Crippen LogP contribution in [0.15, 0.2) is 36.2 Å². The number of carbonyl (C=O) groups is 1. The number of hydrazine groups is 1. The van der Waals surface area contributed by atoms with Gasteiger partial charge >= 0.3 is 0 Å². The zero-order valence-corrected chi connectivity index (χ0v) is 11.8. The molecule has 104 valence electrons. The monoisotopic (exact) mass is 283 g/mol. The van der Waals surface area contributed by atoms with Gasteiger partial charge in [-0.2, -0.15) is 0 Å². The smallest absolute Gasteiger partial charge is 0.148 e. The summed E-state index contributed by atoms with van der Waals surface area (Å²) in [5.41, 5.74) is 7.39. The van der Waals surface area contributed by atoms with Crippen molar-refractivity contribution in [3.05, 3.63) is 47.5 Å². The molecular weight excluding hydrogens is 264 g/mol. The third-order valence-corrected chi connectivity index (χ3v) is 2.79. The molecule has 0 saturated carbocycles. The van der Waals surface area contributed by atoms with Gasteiger partial charge in [0.1, 0.15) is 11.3 Å². The van der Waals surface area contributed by atoms with Gasteiger partial charge in [0.2, 0.25) is 0 Å². The summed E-state index contributed by atoms with van der Waals surface area (Å²) in [5, 5.41) is 1.45. The van der Waals surface area contributed by atoms with Crippen LogP contribution in [0, 0.1) is 5.82 Å². The van der Waals surface area contributed by atoms with Crippen LogP contribution < -0.4 is 11.6 Å². The molecule has 0 aliphatic rings. The quantitative estimate of drug-likeness (QED) is 0.455. The first-order chi connectivity index (χ1) is 8.97. The third-order valence-electron chi connectivity index (χ3n) is 2.50. The van der Waals surface area contributed by atoms with Gasteiger partial charge < -0.3 is 10.7 Å². The molecule has 0 aromatic heterocycles. The summed E-state index contributed by atoms with van der Waals surface area (Å²) < 4.78 is 12.7. The Labute approximate surface area is 114 Å². The van der Waals surface area contributed by atoms with Gasteiger partial charge in [0.25, 0.3) is 0 Å². The number of hydrogen-bond acceptors (Lipinski definition) is 4.